The van der Waals surface area contributed by atoms with Crippen molar-refractivity contribution in [2.24, 2.45) is 0 Å². The van der Waals surface area contributed by atoms with Crippen LogP contribution in [-0.4, -0.2) is 43.1 Å². The zero-order valence-electron chi connectivity index (χ0n) is 22.4. The number of nitrogens with one attached hydrogen (secondary N) is 3. The maximum atomic E-state index is 14.0. The van der Waals surface area contributed by atoms with Crippen LogP contribution in [0.2, 0.25) is 0 Å². The number of hydrogen-bond acceptors (Lipinski definition) is 6. The predicted octanol–water partition coefficient (Wildman–Crippen LogP) is 4.34. The van der Waals surface area contributed by atoms with E-state index in [0.717, 1.165) is 12.0 Å². The maximum absolute atomic E-state index is 14.0. The van der Waals surface area contributed by atoms with Crippen molar-refractivity contribution in [3.63, 3.8) is 0 Å². The summed E-state index contributed by atoms with van der Waals surface area (Å²) in [4.78, 5) is 49.4. The second kappa shape index (κ2) is 14.1. The van der Waals surface area contributed by atoms with Crippen LogP contribution in [0.4, 0.5) is 9.18 Å². The van der Waals surface area contributed by atoms with Crippen LogP contribution < -0.4 is 16.0 Å². The van der Waals surface area contributed by atoms with Crippen molar-refractivity contribution >= 4 is 23.9 Å². The normalized spacial score (nSPS) is 12.6. The van der Waals surface area contributed by atoms with Gasteiger partial charge >= 0.3 is 12.1 Å². The van der Waals surface area contributed by atoms with Gasteiger partial charge in [0.2, 0.25) is 5.91 Å². The number of alkyl carbamates (subject to hydrolysis) is 1. The highest BCUT2D eigenvalue weighted by molar-refractivity contribution is 5.94. The van der Waals surface area contributed by atoms with Gasteiger partial charge in [0, 0.05) is 12.1 Å². The van der Waals surface area contributed by atoms with Gasteiger partial charge in [0.1, 0.15) is 17.5 Å². The molecule has 0 saturated heterocycles. The number of methoxy groups -OCH3 is 1. The summed E-state index contributed by atoms with van der Waals surface area (Å²) in [5.41, 5.74) is 0.624. The number of ether oxygens (including phenoxy) is 2. The monoisotopic (exact) mass is 529 g/mol. The molecule has 10 heteroatoms. The SMILES string of the molecule is CCC[C@@H](NC(=O)C(NC(=O)OC(C)(C)C)c1cccc(F)c1)c1ccc(C(=O)NCCC(=O)OC)cc1. The summed E-state index contributed by atoms with van der Waals surface area (Å²) in [6.07, 6.45) is 0.578. The van der Waals surface area contributed by atoms with Crippen LogP contribution in [0.15, 0.2) is 48.5 Å². The van der Waals surface area contributed by atoms with Gasteiger partial charge in [-0.25, -0.2) is 9.18 Å². The van der Waals surface area contributed by atoms with E-state index >= 15 is 0 Å². The number of carbonyl (C=O) groups is 4. The van der Waals surface area contributed by atoms with Gasteiger partial charge in [0.05, 0.1) is 19.6 Å². The number of rotatable bonds is 11. The molecule has 2 atom stereocenters. The van der Waals surface area contributed by atoms with Crippen molar-refractivity contribution in [2.45, 2.75) is 64.6 Å². The molecule has 1 unspecified atom stereocenters. The van der Waals surface area contributed by atoms with Crippen LogP contribution in [0.1, 0.15) is 80.5 Å². The van der Waals surface area contributed by atoms with E-state index in [2.05, 4.69) is 20.7 Å². The van der Waals surface area contributed by atoms with E-state index in [1.165, 1.54) is 25.3 Å². The first kappa shape index (κ1) is 30.3. The third-order valence-electron chi connectivity index (χ3n) is 5.42. The van der Waals surface area contributed by atoms with Gasteiger partial charge in [-0.2, -0.15) is 0 Å². The Kier molecular flexibility index (Phi) is 11.2. The summed E-state index contributed by atoms with van der Waals surface area (Å²) in [6, 6.07) is 10.5. The highest BCUT2D eigenvalue weighted by Gasteiger charge is 2.28. The first-order valence-electron chi connectivity index (χ1n) is 12.4. The summed E-state index contributed by atoms with van der Waals surface area (Å²) >= 11 is 0. The zero-order chi connectivity index (χ0) is 28.3. The standard InChI is InChI=1S/C28H36FN3O6/c1-6-8-22(18-11-13-19(14-12-18)25(34)30-16-15-23(33)37-5)31-26(35)24(20-9-7-10-21(29)17-20)32-27(36)38-28(2,3)4/h7,9-14,17,22,24H,6,8,15-16H2,1-5H3,(H,30,34)(H,31,35)(H,32,36)/t22-,24?/m1/s1. The number of benzene rings is 2. The van der Waals surface area contributed by atoms with Gasteiger partial charge in [-0.3, -0.25) is 14.4 Å². The summed E-state index contributed by atoms with van der Waals surface area (Å²) < 4.78 is 23.8. The molecule has 2 aromatic rings. The first-order chi connectivity index (χ1) is 17.9. The fourth-order valence-corrected chi connectivity index (χ4v) is 3.63. The van der Waals surface area contributed by atoms with Crippen LogP contribution in [0.3, 0.4) is 0 Å². The highest BCUT2D eigenvalue weighted by Crippen LogP contribution is 2.23. The summed E-state index contributed by atoms with van der Waals surface area (Å²) in [7, 11) is 1.28. The van der Waals surface area contributed by atoms with Gasteiger partial charge < -0.3 is 25.4 Å². The molecular formula is C28H36FN3O6. The average Bonchev–Trinajstić information content (AvgIpc) is 2.85. The Morgan fingerprint density at radius 3 is 2.24 bits per heavy atom. The lowest BCUT2D eigenvalue weighted by molar-refractivity contribution is -0.140. The first-order valence-corrected chi connectivity index (χ1v) is 12.4. The van der Waals surface area contributed by atoms with Crippen LogP contribution in [0.25, 0.3) is 0 Å². The summed E-state index contributed by atoms with van der Waals surface area (Å²) in [5.74, 6) is -1.85. The number of amides is 3. The van der Waals surface area contributed by atoms with Gasteiger partial charge in [0.15, 0.2) is 0 Å². The lowest BCUT2D eigenvalue weighted by Crippen LogP contribution is -2.43. The second-order valence-electron chi connectivity index (χ2n) is 9.69. The van der Waals surface area contributed by atoms with Crippen molar-refractivity contribution in [3.05, 3.63) is 71.0 Å². The molecule has 0 spiro atoms. The van der Waals surface area contributed by atoms with Gasteiger partial charge in [-0.05, 0) is 62.6 Å². The lowest BCUT2D eigenvalue weighted by Gasteiger charge is -2.26. The lowest BCUT2D eigenvalue weighted by atomic mass is 9.99. The number of carbonyl (C=O) groups excluding carboxylic acids is 4. The van der Waals surface area contributed by atoms with E-state index in [0.29, 0.717) is 12.0 Å². The van der Waals surface area contributed by atoms with E-state index in [4.69, 9.17) is 4.74 Å². The molecule has 206 valence electrons. The Balaban J connectivity index is 2.19. The minimum atomic E-state index is -1.19. The summed E-state index contributed by atoms with van der Waals surface area (Å²) in [5, 5.41) is 8.13. The van der Waals surface area contributed by atoms with Crippen LogP contribution >= 0.6 is 0 Å². The molecule has 0 radical (unpaired) electrons. The largest absolute Gasteiger partial charge is 0.469 e. The molecule has 38 heavy (non-hydrogen) atoms. The van der Waals surface area contributed by atoms with Crippen molar-refractivity contribution in [1.29, 1.82) is 0 Å². The van der Waals surface area contributed by atoms with Gasteiger partial charge in [-0.1, -0.05) is 37.6 Å². The number of esters is 1. The molecular weight excluding hydrogens is 493 g/mol. The topological polar surface area (TPSA) is 123 Å². The molecule has 0 aliphatic rings. The molecule has 0 saturated carbocycles. The Labute approximate surface area is 222 Å². The van der Waals surface area contributed by atoms with Gasteiger partial charge in [-0.15, -0.1) is 0 Å². The Hall–Kier alpha value is -3.95. The third kappa shape index (κ3) is 9.84. The maximum Gasteiger partial charge on any atom is 0.408 e. The molecule has 2 aromatic carbocycles. The number of halogens is 1. The highest BCUT2D eigenvalue weighted by atomic mass is 19.1. The molecule has 0 aromatic heterocycles. The van der Waals surface area contributed by atoms with E-state index in [1.54, 1.807) is 51.1 Å². The molecule has 0 heterocycles. The molecule has 3 N–H and O–H groups in total. The van der Waals surface area contributed by atoms with Crippen LogP contribution in [0, 0.1) is 5.82 Å². The minimum Gasteiger partial charge on any atom is -0.469 e. The summed E-state index contributed by atoms with van der Waals surface area (Å²) in [6.45, 7) is 7.21. The quantitative estimate of drug-likeness (QED) is 0.372. The Morgan fingerprint density at radius 1 is 0.974 bits per heavy atom. The Morgan fingerprint density at radius 2 is 1.66 bits per heavy atom. The van der Waals surface area contributed by atoms with Gasteiger partial charge in [0.25, 0.3) is 5.91 Å². The van der Waals surface area contributed by atoms with Crippen LogP contribution in [-0.2, 0) is 19.1 Å². The van der Waals surface area contributed by atoms with Crippen molar-refractivity contribution in [2.75, 3.05) is 13.7 Å². The van der Waals surface area contributed by atoms with Crippen molar-refractivity contribution in [1.82, 2.24) is 16.0 Å². The fourth-order valence-electron chi connectivity index (χ4n) is 3.63. The molecule has 0 fully saturated rings. The fraction of sp³-hybridized carbons (Fsp3) is 0.429. The molecule has 3 amide bonds. The molecule has 0 aliphatic carbocycles. The van der Waals surface area contributed by atoms with E-state index in [1.807, 2.05) is 6.92 Å². The molecule has 9 nitrogen and oxygen atoms in total. The second-order valence-corrected chi connectivity index (χ2v) is 9.69. The van der Waals surface area contributed by atoms with E-state index in [-0.39, 0.29) is 24.4 Å². The van der Waals surface area contributed by atoms with E-state index < -0.39 is 41.5 Å². The smallest absolute Gasteiger partial charge is 0.408 e. The third-order valence-corrected chi connectivity index (χ3v) is 5.42. The van der Waals surface area contributed by atoms with Crippen molar-refractivity contribution < 1.29 is 33.0 Å². The molecule has 2 rings (SSSR count). The Bertz CT molecular complexity index is 1110. The average molecular weight is 530 g/mol. The number of hydrogen-bond donors (Lipinski definition) is 3. The zero-order valence-corrected chi connectivity index (χ0v) is 22.4. The predicted molar refractivity (Wildman–Crippen MR) is 140 cm³/mol. The molecule has 0 bridgehead atoms. The van der Waals surface area contributed by atoms with Crippen LogP contribution in [0.5, 0.6) is 0 Å². The molecule has 0 aliphatic heterocycles. The van der Waals surface area contributed by atoms with Crippen molar-refractivity contribution in [3.8, 4) is 0 Å². The van der Waals surface area contributed by atoms with E-state index in [9.17, 15) is 23.6 Å². The minimum absolute atomic E-state index is 0.0642.